The fourth-order valence-electron chi connectivity index (χ4n) is 1.15. The molecule has 0 aliphatic carbocycles. The van der Waals surface area contributed by atoms with Crippen molar-refractivity contribution in [1.29, 1.82) is 0 Å². The first-order valence-corrected chi connectivity index (χ1v) is 3.66. The Labute approximate surface area is 56.8 Å². The second-order valence-electron chi connectivity index (χ2n) is 2.59. The van der Waals surface area contributed by atoms with E-state index in [0.29, 0.717) is 6.23 Å². The summed E-state index contributed by atoms with van der Waals surface area (Å²) >= 11 is 0. The lowest BCUT2D eigenvalue weighted by atomic mass is 10.3. The topological polar surface area (TPSA) is 12.5 Å². The van der Waals surface area contributed by atoms with E-state index < -0.39 is 0 Å². The SMILES string of the molecule is CCCC1OCCN1C. The second kappa shape index (κ2) is 3.18. The van der Waals surface area contributed by atoms with Gasteiger partial charge in [-0.1, -0.05) is 13.3 Å². The van der Waals surface area contributed by atoms with Gasteiger partial charge in [0.2, 0.25) is 0 Å². The van der Waals surface area contributed by atoms with E-state index in [-0.39, 0.29) is 0 Å². The smallest absolute Gasteiger partial charge is 0.110 e. The maximum atomic E-state index is 5.43. The number of hydrogen-bond donors (Lipinski definition) is 0. The van der Waals surface area contributed by atoms with Gasteiger partial charge in [-0.2, -0.15) is 0 Å². The summed E-state index contributed by atoms with van der Waals surface area (Å²) in [6.07, 6.45) is 2.81. The zero-order valence-corrected chi connectivity index (χ0v) is 6.26. The number of rotatable bonds is 2. The monoisotopic (exact) mass is 129 g/mol. The van der Waals surface area contributed by atoms with Crippen LogP contribution in [-0.2, 0) is 4.74 Å². The zero-order chi connectivity index (χ0) is 6.69. The van der Waals surface area contributed by atoms with E-state index in [9.17, 15) is 0 Å². The predicted molar refractivity (Wildman–Crippen MR) is 37.3 cm³/mol. The largest absolute Gasteiger partial charge is 0.362 e. The quantitative estimate of drug-likeness (QED) is 0.553. The van der Waals surface area contributed by atoms with Crippen molar-refractivity contribution >= 4 is 0 Å². The highest BCUT2D eigenvalue weighted by Crippen LogP contribution is 2.11. The van der Waals surface area contributed by atoms with E-state index in [1.54, 1.807) is 0 Å². The molecule has 0 saturated carbocycles. The Balaban J connectivity index is 2.22. The molecule has 1 aliphatic heterocycles. The van der Waals surface area contributed by atoms with Crippen LogP contribution in [0.1, 0.15) is 19.8 Å². The van der Waals surface area contributed by atoms with E-state index >= 15 is 0 Å². The molecule has 0 spiro atoms. The highest BCUT2D eigenvalue weighted by Gasteiger charge is 2.19. The molecule has 0 aromatic heterocycles. The van der Waals surface area contributed by atoms with Gasteiger partial charge in [-0.05, 0) is 13.5 Å². The van der Waals surface area contributed by atoms with Crippen LogP contribution in [0, 0.1) is 0 Å². The molecule has 2 nitrogen and oxygen atoms in total. The first kappa shape index (κ1) is 7.03. The van der Waals surface area contributed by atoms with Gasteiger partial charge in [-0.3, -0.25) is 4.90 Å². The number of likely N-dealkylation sites (N-methyl/N-ethyl adjacent to an activating group) is 1. The highest BCUT2D eigenvalue weighted by molar-refractivity contribution is 4.64. The van der Waals surface area contributed by atoms with Crippen LogP contribution in [0.3, 0.4) is 0 Å². The molecule has 0 N–H and O–H groups in total. The van der Waals surface area contributed by atoms with Gasteiger partial charge in [0.1, 0.15) is 6.23 Å². The summed E-state index contributed by atoms with van der Waals surface area (Å²) in [4.78, 5) is 2.27. The van der Waals surface area contributed by atoms with Crippen LogP contribution in [-0.4, -0.2) is 31.3 Å². The van der Waals surface area contributed by atoms with Crippen LogP contribution in [0.4, 0.5) is 0 Å². The lowest BCUT2D eigenvalue weighted by Crippen LogP contribution is -2.25. The Kier molecular flexibility index (Phi) is 2.49. The van der Waals surface area contributed by atoms with Crippen LogP contribution in [0.25, 0.3) is 0 Å². The summed E-state index contributed by atoms with van der Waals surface area (Å²) in [7, 11) is 2.12. The second-order valence-corrected chi connectivity index (χ2v) is 2.59. The van der Waals surface area contributed by atoms with Crippen molar-refractivity contribution in [2.75, 3.05) is 20.2 Å². The molecule has 1 heterocycles. The fourth-order valence-corrected chi connectivity index (χ4v) is 1.15. The molecule has 54 valence electrons. The van der Waals surface area contributed by atoms with Gasteiger partial charge < -0.3 is 4.74 Å². The standard InChI is InChI=1S/C7H15NO/c1-3-4-7-8(2)5-6-9-7/h7H,3-6H2,1-2H3. The molecule has 1 rings (SSSR count). The van der Waals surface area contributed by atoms with Crippen molar-refractivity contribution in [3.8, 4) is 0 Å². The van der Waals surface area contributed by atoms with Gasteiger partial charge in [0.15, 0.2) is 0 Å². The molecule has 1 fully saturated rings. The molecule has 2 heteroatoms. The fraction of sp³-hybridized carbons (Fsp3) is 1.00. The molecule has 0 aromatic rings. The lowest BCUT2D eigenvalue weighted by molar-refractivity contribution is 0.0388. The van der Waals surface area contributed by atoms with Gasteiger partial charge in [0, 0.05) is 6.54 Å². The summed E-state index contributed by atoms with van der Waals surface area (Å²) in [5, 5.41) is 0. The molecular formula is C7H15NO. The van der Waals surface area contributed by atoms with E-state index in [1.165, 1.54) is 12.8 Å². The predicted octanol–water partition coefficient (Wildman–Crippen LogP) is 1.07. The summed E-state index contributed by atoms with van der Waals surface area (Å²) in [5.41, 5.74) is 0. The number of hydrogen-bond acceptors (Lipinski definition) is 2. The average Bonchev–Trinajstić information content (AvgIpc) is 2.18. The summed E-state index contributed by atoms with van der Waals surface area (Å²) in [5.74, 6) is 0. The Bertz CT molecular complexity index is 85.0. The third-order valence-corrected chi connectivity index (χ3v) is 1.78. The molecule has 1 unspecified atom stereocenters. The molecule has 0 bridgehead atoms. The molecule has 1 saturated heterocycles. The molecular weight excluding hydrogens is 114 g/mol. The zero-order valence-electron chi connectivity index (χ0n) is 6.26. The van der Waals surface area contributed by atoms with Crippen LogP contribution in [0.2, 0.25) is 0 Å². The first-order chi connectivity index (χ1) is 4.34. The molecule has 0 amide bonds. The van der Waals surface area contributed by atoms with Crippen molar-refractivity contribution in [2.45, 2.75) is 26.0 Å². The van der Waals surface area contributed by atoms with Crippen LogP contribution in [0.5, 0.6) is 0 Å². The van der Waals surface area contributed by atoms with Crippen molar-refractivity contribution in [3.05, 3.63) is 0 Å². The Hall–Kier alpha value is -0.0800. The molecule has 0 aromatic carbocycles. The van der Waals surface area contributed by atoms with Crippen LogP contribution >= 0.6 is 0 Å². The third kappa shape index (κ3) is 1.66. The minimum atomic E-state index is 0.412. The van der Waals surface area contributed by atoms with Gasteiger partial charge in [0.25, 0.3) is 0 Å². The molecule has 9 heavy (non-hydrogen) atoms. The summed E-state index contributed by atoms with van der Waals surface area (Å²) < 4.78 is 5.43. The lowest BCUT2D eigenvalue weighted by Gasteiger charge is -2.16. The minimum Gasteiger partial charge on any atom is -0.362 e. The maximum Gasteiger partial charge on any atom is 0.110 e. The van der Waals surface area contributed by atoms with Crippen molar-refractivity contribution in [2.24, 2.45) is 0 Å². The average molecular weight is 129 g/mol. The van der Waals surface area contributed by atoms with Gasteiger partial charge in [-0.25, -0.2) is 0 Å². The Morgan fingerprint density at radius 1 is 1.67 bits per heavy atom. The van der Waals surface area contributed by atoms with E-state index in [0.717, 1.165) is 13.2 Å². The summed E-state index contributed by atoms with van der Waals surface area (Å²) in [6.45, 7) is 4.21. The summed E-state index contributed by atoms with van der Waals surface area (Å²) in [6, 6.07) is 0. The van der Waals surface area contributed by atoms with Gasteiger partial charge in [0.05, 0.1) is 6.61 Å². The van der Waals surface area contributed by atoms with Crippen molar-refractivity contribution in [1.82, 2.24) is 4.90 Å². The highest BCUT2D eigenvalue weighted by atomic mass is 16.5. The number of nitrogens with zero attached hydrogens (tertiary/aromatic N) is 1. The van der Waals surface area contributed by atoms with E-state index in [4.69, 9.17) is 4.74 Å². The first-order valence-electron chi connectivity index (χ1n) is 3.66. The third-order valence-electron chi connectivity index (χ3n) is 1.78. The minimum absolute atomic E-state index is 0.412. The van der Waals surface area contributed by atoms with Crippen LogP contribution < -0.4 is 0 Å². The van der Waals surface area contributed by atoms with Crippen molar-refractivity contribution < 1.29 is 4.74 Å². The molecule has 1 atom stereocenters. The molecule has 0 radical (unpaired) electrons. The Morgan fingerprint density at radius 3 is 2.89 bits per heavy atom. The number of ether oxygens (including phenoxy) is 1. The van der Waals surface area contributed by atoms with E-state index in [2.05, 4.69) is 18.9 Å². The van der Waals surface area contributed by atoms with E-state index in [1.807, 2.05) is 0 Å². The van der Waals surface area contributed by atoms with Gasteiger partial charge in [-0.15, -0.1) is 0 Å². The maximum absolute atomic E-state index is 5.43. The van der Waals surface area contributed by atoms with Crippen molar-refractivity contribution in [3.63, 3.8) is 0 Å². The normalized spacial score (nSPS) is 29.3. The van der Waals surface area contributed by atoms with Crippen LogP contribution in [0.15, 0.2) is 0 Å². The molecule has 1 aliphatic rings. The Morgan fingerprint density at radius 2 is 2.44 bits per heavy atom. The van der Waals surface area contributed by atoms with Gasteiger partial charge >= 0.3 is 0 Å².